The molecule has 0 radical (unpaired) electrons. The van der Waals surface area contributed by atoms with Crippen LogP contribution in [0.15, 0.2) is 18.2 Å². The molecule has 1 atom stereocenters. The van der Waals surface area contributed by atoms with Crippen LogP contribution in [0.3, 0.4) is 0 Å². The molecule has 1 aromatic carbocycles. The van der Waals surface area contributed by atoms with E-state index in [1.807, 2.05) is 6.92 Å². The maximum Gasteiger partial charge on any atom is 0.126 e. The van der Waals surface area contributed by atoms with Crippen LogP contribution >= 0.6 is 0 Å². The molecule has 0 aliphatic carbocycles. The quantitative estimate of drug-likeness (QED) is 0.778. The Morgan fingerprint density at radius 3 is 3.07 bits per heavy atom. The average Bonchev–Trinajstić information content (AvgIpc) is 2.64. The highest BCUT2D eigenvalue weighted by molar-refractivity contribution is 5.32. The molecular weight excluding hydrogens is 181 g/mol. The second-order valence-corrected chi connectivity index (χ2v) is 3.64. The first-order chi connectivity index (χ1) is 6.75. The van der Waals surface area contributed by atoms with Crippen molar-refractivity contribution in [2.75, 3.05) is 13.1 Å². The molecule has 2 rings (SSSR count). The highest BCUT2D eigenvalue weighted by Gasteiger charge is 2.16. The van der Waals surface area contributed by atoms with Gasteiger partial charge in [-0.05, 0) is 31.5 Å². The second kappa shape index (κ2) is 3.96. The molecule has 3 heteroatoms. The Hall–Kier alpha value is -1.09. The molecule has 1 aromatic rings. The fourth-order valence-corrected chi connectivity index (χ4v) is 1.61. The summed E-state index contributed by atoms with van der Waals surface area (Å²) in [5, 5.41) is 3.21. The van der Waals surface area contributed by atoms with Crippen LogP contribution in [0.25, 0.3) is 0 Å². The summed E-state index contributed by atoms with van der Waals surface area (Å²) >= 11 is 0. The van der Waals surface area contributed by atoms with Crippen molar-refractivity contribution in [3.63, 3.8) is 0 Å². The van der Waals surface area contributed by atoms with Crippen LogP contribution in [0.4, 0.5) is 4.39 Å². The van der Waals surface area contributed by atoms with E-state index < -0.39 is 0 Å². The third kappa shape index (κ3) is 2.04. The van der Waals surface area contributed by atoms with Gasteiger partial charge in [0, 0.05) is 12.6 Å². The maximum absolute atomic E-state index is 12.9. The largest absolute Gasteiger partial charge is 0.489 e. The number of benzene rings is 1. The lowest BCUT2D eigenvalue weighted by molar-refractivity contribution is 0.220. The zero-order valence-electron chi connectivity index (χ0n) is 8.22. The Balaban J connectivity index is 2.10. The minimum Gasteiger partial charge on any atom is -0.489 e. The molecule has 0 amide bonds. The van der Waals surface area contributed by atoms with Crippen LogP contribution in [-0.4, -0.2) is 19.2 Å². The van der Waals surface area contributed by atoms with Crippen molar-refractivity contribution in [2.24, 2.45) is 0 Å². The molecule has 1 unspecified atom stereocenters. The molecule has 0 bridgehead atoms. The zero-order chi connectivity index (χ0) is 9.97. The monoisotopic (exact) mass is 195 g/mol. The van der Waals surface area contributed by atoms with Gasteiger partial charge in [0.25, 0.3) is 0 Å². The van der Waals surface area contributed by atoms with E-state index in [0.29, 0.717) is 5.75 Å². The number of ether oxygens (including phenoxy) is 1. The zero-order valence-corrected chi connectivity index (χ0v) is 8.22. The molecule has 0 aromatic heterocycles. The summed E-state index contributed by atoms with van der Waals surface area (Å²) in [6.45, 7) is 3.77. The number of hydrogen-bond donors (Lipinski definition) is 1. The van der Waals surface area contributed by atoms with Crippen molar-refractivity contribution in [1.29, 1.82) is 0 Å². The lowest BCUT2D eigenvalue weighted by Gasteiger charge is -2.14. The molecule has 1 fully saturated rings. The minimum absolute atomic E-state index is 0.190. The van der Waals surface area contributed by atoms with Gasteiger partial charge in [0.1, 0.15) is 17.7 Å². The SMILES string of the molecule is Cc1ccc(F)cc1OC1CCNC1. The van der Waals surface area contributed by atoms with Crippen molar-refractivity contribution in [1.82, 2.24) is 5.32 Å². The molecule has 1 aliphatic rings. The maximum atomic E-state index is 12.9. The fourth-order valence-electron chi connectivity index (χ4n) is 1.61. The number of nitrogens with one attached hydrogen (secondary N) is 1. The number of halogens is 1. The second-order valence-electron chi connectivity index (χ2n) is 3.64. The molecular formula is C11H14FNO. The Bertz CT molecular complexity index is 321. The first kappa shape index (κ1) is 9.46. The van der Waals surface area contributed by atoms with Crippen LogP contribution < -0.4 is 10.1 Å². The molecule has 0 spiro atoms. The average molecular weight is 195 g/mol. The summed E-state index contributed by atoms with van der Waals surface area (Å²) in [5.74, 6) is 0.426. The normalized spacial score (nSPS) is 21.1. The van der Waals surface area contributed by atoms with Crippen molar-refractivity contribution in [3.05, 3.63) is 29.6 Å². The molecule has 1 aliphatic heterocycles. The van der Waals surface area contributed by atoms with Gasteiger partial charge in [0.2, 0.25) is 0 Å². The number of aryl methyl sites for hydroxylation is 1. The van der Waals surface area contributed by atoms with E-state index in [1.54, 1.807) is 6.07 Å². The third-order valence-corrected chi connectivity index (χ3v) is 2.46. The van der Waals surface area contributed by atoms with Crippen molar-refractivity contribution in [2.45, 2.75) is 19.4 Å². The van der Waals surface area contributed by atoms with Crippen molar-refractivity contribution < 1.29 is 9.13 Å². The number of rotatable bonds is 2. The van der Waals surface area contributed by atoms with Crippen molar-refractivity contribution in [3.8, 4) is 5.75 Å². The third-order valence-electron chi connectivity index (χ3n) is 2.46. The van der Waals surface area contributed by atoms with E-state index in [2.05, 4.69) is 5.32 Å². The van der Waals surface area contributed by atoms with E-state index in [0.717, 1.165) is 25.1 Å². The first-order valence-corrected chi connectivity index (χ1v) is 4.89. The van der Waals surface area contributed by atoms with E-state index in [1.165, 1.54) is 12.1 Å². The van der Waals surface area contributed by atoms with Gasteiger partial charge < -0.3 is 10.1 Å². The summed E-state index contributed by atoms with van der Waals surface area (Å²) in [6.07, 6.45) is 1.19. The predicted molar refractivity (Wildman–Crippen MR) is 53.0 cm³/mol. The van der Waals surface area contributed by atoms with Gasteiger partial charge >= 0.3 is 0 Å². The molecule has 76 valence electrons. The minimum atomic E-state index is -0.239. The van der Waals surface area contributed by atoms with Gasteiger partial charge in [-0.15, -0.1) is 0 Å². The number of hydrogen-bond acceptors (Lipinski definition) is 2. The molecule has 1 saturated heterocycles. The topological polar surface area (TPSA) is 21.3 Å². The lowest BCUT2D eigenvalue weighted by Crippen LogP contribution is -2.20. The van der Waals surface area contributed by atoms with E-state index >= 15 is 0 Å². The summed E-state index contributed by atoms with van der Waals surface area (Å²) < 4.78 is 18.6. The van der Waals surface area contributed by atoms with Gasteiger partial charge in [-0.3, -0.25) is 0 Å². The van der Waals surface area contributed by atoms with Gasteiger partial charge in [-0.25, -0.2) is 4.39 Å². The summed E-state index contributed by atoms with van der Waals surface area (Å²) in [7, 11) is 0. The highest BCUT2D eigenvalue weighted by atomic mass is 19.1. The van der Waals surface area contributed by atoms with Crippen LogP contribution in [0.5, 0.6) is 5.75 Å². The van der Waals surface area contributed by atoms with Crippen LogP contribution in [0.2, 0.25) is 0 Å². The first-order valence-electron chi connectivity index (χ1n) is 4.89. The Morgan fingerprint density at radius 2 is 2.36 bits per heavy atom. The van der Waals surface area contributed by atoms with Crippen LogP contribution in [0.1, 0.15) is 12.0 Å². The molecule has 0 saturated carbocycles. The van der Waals surface area contributed by atoms with Gasteiger partial charge in [-0.2, -0.15) is 0 Å². The van der Waals surface area contributed by atoms with Gasteiger partial charge in [0.15, 0.2) is 0 Å². The van der Waals surface area contributed by atoms with Crippen molar-refractivity contribution >= 4 is 0 Å². The van der Waals surface area contributed by atoms with E-state index in [4.69, 9.17) is 4.74 Å². The Morgan fingerprint density at radius 1 is 1.50 bits per heavy atom. The van der Waals surface area contributed by atoms with Gasteiger partial charge in [0.05, 0.1) is 0 Å². The molecule has 1 heterocycles. The summed E-state index contributed by atoms with van der Waals surface area (Å²) in [5.41, 5.74) is 0.985. The lowest BCUT2D eigenvalue weighted by atomic mass is 10.2. The summed E-state index contributed by atoms with van der Waals surface area (Å²) in [6, 6.07) is 4.65. The van der Waals surface area contributed by atoms with Crippen LogP contribution in [-0.2, 0) is 0 Å². The standard InChI is InChI=1S/C11H14FNO/c1-8-2-3-9(12)6-11(8)14-10-4-5-13-7-10/h2-3,6,10,13H,4-5,7H2,1H3. The van der Waals surface area contributed by atoms with Gasteiger partial charge in [-0.1, -0.05) is 6.07 Å². The Kier molecular flexibility index (Phi) is 2.68. The molecule has 1 N–H and O–H groups in total. The fraction of sp³-hybridized carbons (Fsp3) is 0.455. The molecule has 2 nitrogen and oxygen atoms in total. The van der Waals surface area contributed by atoms with E-state index in [-0.39, 0.29) is 11.9 Å². The van der Waals surface area contributed by atoms with E-state index in [9.17, 15) is 4.39 Å². The highest BCUT2D eigenvalue weighted by Crippen LogP contribution is 2.21. The summed E-state index contributed by atoms with van der Waals surface area (Å²) in [4.78, 5) is 0. The van der Waals surface area contributed by atoms with Crippen LogP contribution in [0, 0.1) is 12.7 Å². The predicted octanol–water partition coefficient (Wildman–Crippen LogP) is 1.87. The Labute approximate surface area is 83.1 Å². The smallest absolute Gasteiger partial charge is 0.126 e. The molecule has 14 heavy (non-hydrogen) atoms.